The Morgan fingerprint density at radius 1 is 1.14 bits per heavy atom. The van der Waals surface area contributed by atoms with Gasteiger partial charge in [-0.25, -0.2) is 8.78 Å². The molecule has 0 saturated carbocycles. The summed E-state index contributed by atoms with van der Waals surface area (Å²) in [7, 11) is 1.55. The predicted octanol–water partition coefficient (Wildman–Crippen LogP) is 1.55. The van der Waals surface area contributed by atoms with Crippen molar-refractivity contribution >= 4 is 17.4 Å². The molecule has 1 aromatic carbocycles. The number of carbonyl (C=O) groups excluding carboxylic acids is 2. The van der Waals surface area contributed by atoms with Crippen LogP contribution in [0.3, 0.4) is 0 Å². The van der Waals surface area contributed by atoms with Gasteiger partial charge in [-0.1, -0.05) is 0 Å². The molecule has 5 nitrogen and oxygen atoms in total. The van der Waals surface area contributed by atoms with Gasteiger partial charge < -0.3 is 14.4 Å². The second-order valence-corrected chi connectivity index (χ2v) is 4.53. The highest BCUT2D eigenvalue weighted by atomic mass is 19.1. The second-order valence-electron chi connectivity index (χ2n) is 4.53. The van der Waals surface area contributed by atoms with Crippen molar-refractivity contribution < 1.29 is 27.8 Å². The van der Waals surface area contributed by atoms with Crippen LogP contribution < -0.4 is 4.90 Å². The molecule has 0 saturated heterocycles. The van der Waals surface area contributed by atoms with Crippen LogP contribution in [0.1, 0.15) is 16.8 Å². The molecule has 1 aliphatic rings. The second kappa shape index (κ2) is 6.73. The summed E-state index contributed by atoms with van der Waals surface area (Å²) in [5.74, 6) is -3.52. The lowest BCUT2D eigenvalue weighted by Crippen LogP contribution is -2.31. The number of ether oxygens (including phenoxy) is 2. The average molecular weight is 299 g/mol. The Hall–Kier alpha value is -1.86. The van der Waals surface area contributed by atoms with Crippen LogP contribution in [0.2, 0.25) is 0 Å². The minimum Gasteiger partial charge on any atom is -0.382 e. The van der Waals surface area contributed by atoms with E-state index in [1.165, 1.54) is 0 Å². The molecule has 0 radical (unpaired) electrons. The number of hydrogen-bond acceptors (Lipinski definition) is 4. The Kier molecular flexibility index (Phi) is 4.98. The Balaban J connectivity index is 2.02. The predicted molar refractivity (Wildman–Crippen MR) is 70.4 cm³/mol. The molecule has 0 spiro atoms. The minimum atomic E-state index is -0.912. The fraction of sp³-hybridized carbons (Fsp3) is 0.429. The largest absolute Gasteiger partial charge is 0.382 e. The average Bonchev–Trinajstić information content (AvgIpc) is 2.68. The van der Waals surface area contributed by atoms with Crippen LogP contribution >= 0.6 is 0 Å². The van der Waals surface area contributed by atoms with Gasteiger partial charge in [0.15, 0.2) is 5.82 Å². The number of nitrogens with zero attached hydrogens (tertiary/aromatic N) is 1. The van der Waals surface area contributed by atoms with Crippen molar-refractivity contribution in [3.63, 3.8) is 0 Å². The molecule has 0 atom stereocenters. The smallest absolute Gasteiger partial charge is 0.299 e. The van der Waals surface area contributed by atoms with Gasteiger partial charge in [0.25, 0.3) is 11.7 Å². The fourth-order valence-corrected chi connectivity index (χ4v) is 2.14. The Labute approximate surface area is 120 Å². The van der Waals surface area contributed by atoms with Gasteiger partial charge in [0.2, 0.25) is 0 Å². The maximum absolute atomic E-state index is 13.8. The maximum atomic E-state index is 13.8. The number of benzene rings is 1. The van der Waals surface area contributed by atoms with Crippen molar-refractivity contribution in [1.29, 1.82) is 0 Å². The zero-order valence-electron chi connectivity index (χ0n) is 11.5. The molecular weight excluding hydrogens is 284 g/mol. The molecule has 1 aliphatic heterocycles. The molecule has 0 N–H and O–H groups in total. The summed E-state index contributed by atoms with van der Waals surface area (Å²) in [5, 5.41) is 0. The monoisotopic (exact) mass is 299 g/mol. The molecule has 0 aromatic heterocycles. The van der Waals surface area contributed by atoms with Crippen LogP contribution in [0.4, 0.5) is 14.5 Å². The van der Waals surface area contributed by atoms with Gasteiger partial charge in [0.1, 0.15) is 5.82 Å². The van der Waals surface area contributed by atoms with Gasteiger partial charge >= 0.3 is 0 Å². The Morgan fingerprint density at radius 2 is 1.90 bits per heavy atom. The van der Waals surface area contributed by atoms with E-state index >= 15 is 0 Å². The standard InChI is InChI=1S/C14H15F2NO4/c1-20-5-6-21-4-2-3-17-12-10(13(18)14(17)19)7-9(15)8-11(12)16/h7-8H,2-6H2,1H3. The third-order valence-corrected chi connectivity index (χ3v) is 3.08. The van der Waals surface area contributed by atoms with E-state index < -0.39 is 23.3 Å². The normalized spacial score (nSPS) is 14.0. The fourth-order valence-electron chi connectivity index (χ4n) is 2.14. The van der Waals surface area contributed by atoms with Gasteiger partial charge in [-0.15, -0.1) is 0 Å². The molecule has 0 aliphatic carbocycles. The molecule has 1 heterocycles. The van der Waals surface area contributed by atoms with Gasteiger partial charge in [0.05, 0.1) is 24.5 Å². The van der Waals surface area contributed by atoms with Gasteiger partial charge in [0, 0.05) is 26.3 Å². The van der Waals surface area contributed by atoms with E-state index in [0.29, 0.717) is 32.3 Å². The number of amides is 1. The van der Waals surface area contributed by atoms with Gasteiger partial charge in [-0.05, 0) is 12.5 Å². The number of fused-ring (bicyclic) bond motifs is 1. The minimum absolute atomic E-state index is 0.132. The van der Waals surface area contributed by atoms with E-state index in [4.69, 9.17) is 9.47 Å². The molecule has 0 fully saturated rings. The summed E-state index contributed by atoms with van der Waals surface area (Å²) in [6.07, 6.45) is 0.430. The zero-order valence-corrected chi connectivity index (χ0v) is 11.5. The van der Waals surface area contributed by atoms with Crippen LogP contribution in [0.5, 0.6) is 0 Å². The molecule has 0 bridgehead atoms. The maximum Gasteiger partial charge on any atom is 0.299 e. The number of hydrogen-bond donors (Lipinski definition) is 0. The third-order valence-electron chi connectivity index (χ3n) is 3.08. The summed E-state index contributed by atoms with van der Waals surface area (Å²) >= 11 is 0. The SMILES string of the molecule is COCCOCCCN1C(=O)C(=O)c2cc(F)cc(F)c21. The van der Waals surface area contributed by atoms with Crippen LogP contribution in [-0.2, 0) is 14.3 Å². The van der Waals surface area contributed by atoms with Gasteiger partial charge in [-0.2, -0.15) is 0 Å². The Bertz CT molecular complexity index is 562. The van der Waals surface area contributed by atoms with Gasteiger partial charge in [-0.3, -0.25) is 9.59 Å². The lowest BCUT2D eigenvalue weighted by molar-refractivity contribution is -0.114. The molecule has 114 valence electrons. The van der Waals surface area contributed by atoms with Crippen molar-refractivity contribution in [3.05, 3.63) is 29.3 Å². The highest BCUT2D eigenvalue weighted by molar-refractivity contribution is 6.52. The van der Waals surface area contributed by atoms with Crippen molar-refractivity contribution in [3.8, 4) is 0 Å². The summed E-state index contributed by atoms with van der Waals surface area (Å²) in [4.78, 5) is 24.6. The molecule has 1 amide bonds. The van der Waals surface area contributed by atoms with E-state index in [1.807, 2.05) is 0 Å². The lowest BCUT2D eigenvalue weighted by atomic mass is 10.1. The number of methoxy groups -OCH3 is 1. The van der Waals surface area contributed by atoms with Crippen molar-refractivity contribution in [2.45, 2.75) is 6.42 Å². The summed E-state index contributed by atoms with van der Waals surface area (Å²) in [5.41, 5.74) is -0.374. The number of carbonyl (C=O) groups is 2. The van der Waals surface area contributed by atoms with Crippen LogP contribution in [-0.4, -0.2) is 45.2 Å². The summed E-state index contributed by atoms with van der Waals surface area (Å²) in [6, 6.07) is 1.54. The number of anilines is 1. The highest BCUT2D eigenvalue weighted by Crippen LogP contribution is 2.32. The quantitative estimate of drug-likeness (QED) is 0.566. The van der Waals surface area contributed by atoms with Crippen LogP contribution in [0.15, 0.2) is 12.1 Å². The first-order chi connectivity index (χ1) is 10.1. The van der Waals surface area contributed by atoms with E-state index in [2.05, 4.69) is 0 Å². The third kappa shape index (κ3) is 3.25. The summed E-state index contributed by atoms with van der Waals surface area (Å²) < 4.78 is 37.0. The number of halogens is 2. The molecule has 1 aromatic rings. The first-order valence-electron chi connectivity index (χ1n) is 6.48. The topological polar surface area (TPSA) is 55.8 Å². The van der Waals surface area contributed by atoms with E-state index in [-0.39, 0.29) is 17.8 Å². The van der Waals surface area contributed by atoms with Crippen molar-refractivity contribution in [2.24, 2.45) is 0 Å². The number of rotatable bonds is 7. The zero-order chi connectivity index (χ0) is 15.4. The first kappa shape index (κ1) is 15.5. The van der Waals surface area contributed by atoms with E-state index in [0.717, 1.165) is 11.0 Å². The van der Waals surface area contributed by atoms with Crippen LogP contribution in [0, 0.1) is 11.6 Å². The molecule has 0 unspecified atom stereocenters. The van der Waals surface area contributed by atoms with E-state index in [1.54, 1.807) is 7.11 Å². The highest BCUT2D eigenvalue weighted by Gasteiger charge is 2.38. The lowest BCUT2D eigenvalue weighted by Gasteiger charge is -2.16. The van der Waals surface area contributed by atoms with Crippen molar-refractivity contribution in [2.75, 3.05) is 38.4 Å². The molecule has 21 heavy (non-hydrogen) atoms. The summed E-state index contributed by atoms with van der Waals surface area (Å²) in [6.45, 7) is 1.35. The Morgan fingerprint density at radius 3 is 2.62 bits per heavy atom. The molecule has 7 heteroatoms. The first-order valence-corrected chi connectivity index (χ1v) is 6.48. The number of Topliss-reactive ketones (excluding diaryl/α,β-unsaturated/α-hetero) is 1. The molecular formula is C14H15F2NO4. The van der Waals surface area contributed by atoms with E-state index in [9.17, 15) is 18.4 Å². The number of ketones is 1. The van der Waals surface area contributed by atoms with Crippen LogP contribution in [0.25, 0.3) is 0 Å². The molecule has 2 rings (SSSR count). The van der Waals surface area contributed by atoms with Crippen molar-refractivity contribution in [1.82, 2.24) is 0 Å².